The van der Waals surface area contributed by atoms with Crippen molar-refractivity contribution in [3.05, 3.63) is 89.5 Å². The Labute approximate surface area is 204 Å². The molecule has 35 heavy (non-hydrogen) atoms. The molecule has 1 aliphatic rings. The number of aryl methyl sites for hydroxylation is 2. The quantitative estimate of drug-likeness (QED) is 0.416. The lowest BCUT2D eigenvalue weighted by molar-refractivity contribution is -0.121. The van der Waals surface area contributed by atoms with Gasteiger partial charge in [0, 0.05) is 12.1 Å². The Hall–Kier alpha value is -4.13. The molecule has 2 atom stereocenters. The molecule has 0 aromatic heterocycles. The van der Waals surface area contributed by atoms with Crippen LogP contribution in [0, 0.1) is 5.92 Å². The van der Waals surface area contributed by atoms with Gasteiger partial charge < -0.3 is 20.3 Å². The molecule has 0 fully saturated rings. The van der Waals surface area contributed by atoms with Gasteiger partial charge in [-0.25, -0.2) is 9.79 Å². The van der Waals surface area contributed by atoms with Crippen molar-refractivity contribution in [1.82, 2.24) is 5.32 Å². The van der Waals surface area contributed by atoms with Gasteiger partial charge in [-0.2, -0.15) is 0 Å². The molecule has 0 saturated heterocycles. The van der Waals surface area contributed by atoms with Gasteiger partial charge in [0.2, 0.25) is 0 Å². The molecule has 4 rings (SSSR count). The van der Waals surface area contributed by atoms with E-state index in [1.807, 2.05) is 30.3 Å². The molecule has 0 radical (unpaired) electrons. The van der Waals surface area contributed by atoms with Gasteiger partial charge in [-0.3, -0.25) is 4.79 Å². The molecule has 2 unspecified atom stereocenters. The summed E-state index contributed by atoms with van der Waals surface area (Å²) < 4.78 is 5.20. The number of hydrogen-bond acceptors (Lipinski definition) is 5. The number of carbonyl (C=O) groups is 2. The van der Waals surface area contributed by atoms with Crippen LogP contribution in [0.2, 0.25) is 0 Å². The van der Waals surface area contributed by atoms with E-state index >= 15 is 0 Å². The van der Waals surface area contributed by atoms with Crippen LogP contribution in [0.1, 0.15) is 35.6 Å². The number of nitrogens with zero attached hydrogens (tertiary/aromatic N) is 1. The Kier molecular flexibility index (Phi) is 7.45. The number of rotatable bonds is 9. The average Bonchev–Trinajstić information content (AvgIpc) is 2.87. The molecular formula is C28H28N2O5. The fourth-order valence-electron chi connectivity index (χ4n) is 4.40. The molecule has 7 nitrogen and oxygen atoms in total. The van der Waals surface area contributed by atoms with Crippen LogP contribution in [0.25, 0.3) is 0 Å². The average molecular weight is 473 g/mol. The largest absolute Gasteiger partial charge is 0.508 e. The lowest BCUT2D eigenvalue weighted by Crippen LogP contribution is -2.44. The Balaban J connectivity index is 1.58. The number of phenolic OH excluding ortho intramolecular Hbond substituents is 2. The highest BCUT2D eigenvalue weighted by atomic mass is 16.5. The zero-order valence-electron chi connectivity index (χ0n) is 19.5. The molecule has 180 valence electrons. The van der Waals surface area contributed by atoms with Crippen molar-refractivity contribution in [3.63, 3.8) is 0 Å². The molecule has 3 aromatic carbocycles. The zero-order chi connectivity index (χ0) is 24.8. The summed E-state index contributed by atoms with van der Waals surface area (Å²) in [5.41, 5.74) is 3.25. The van der Waals surface area contributed by atoms with Crippen LogP contribution in [0.4, 0.5) is 4.79 Å². The van der Waals surface area contributed by atoms with Gasteiger partial charge in [0.05, 0.1) is 19.1 Å². The summed E-state index contributed by atoms with van der Waals surface area (Å²) in [7, 11) is 1.49. The lowest BCUT2D eigenvalue weighted by Gasteiger charge is -2.32. The van der Waals surface area contributed by atoms with E-state index in [9.17, 15) is 19.8 Å². The van der Waals surface area contributed by atoms with Gasteiger partial charge in [-0.15, -0.1) is 0 Å². The Bertz CT molecular complexity index is 1220. The minimum absolute atomic E-state index is 0.00559. The first kappa shape index (κ1) is 24.0. The number of urea groups is 1. The number of ether oxygens (including phenoxy) is 1. The van der Waals surface area contributed by atoms with Gasteiger partial charge in [-0.1, -0.05) is 48.5 Å². The molecule has 0 saturated carbocycles. The summed E-state index contributed by atoms with van der Waals surface area (Å²) in [5, 5.41) is 22.3. The van der Waals surface area contributed by atoms with Crippen molar-refractivity contribution >= 4 is 17.5 Å². The molecule has 0 spiro atoms. The second-order valence-corrected chi connectivity index (χ2v) is 8.56. The van der Waals surface area contributed by atoms with E-state index in [2.05, 4.69) is 10.3 Å². The maximum Gasteiger partial charge on any atom is 0.341 e. The Morgan fingerprint density at radius 1 is 0.943 bits per heavy atom. The van der Waals surface area contributed by atoms with E-state index in [1.165, 1.54) is 7.11 Å². The molecule has 3 aromatic rings. The van der Waals surface area contributed by atoms with E-state index in [0.29, 0.717) is 30.7 Å². The van der Waals surface area contributed by atoms with E-state index < -0.39 is 18.0 Å². The number of Topliss-reactive ketones (excluding diaryl/α,β-unsaturated/α-hetero) is 1. The normalized spacial score (nSPS) is 17.4. The van der Waals surface area contributed by atoms with Gasteiger partial charge in [0.25, 0.3) is 0 Å². The molecule has 0 bridgehead atoms. The number of phenols is 2. The summed E-state index contributed by atoms with van der Waals surface area (Å²) in [6.07, 6.45) is 1.75. The summed E-state index contributed by atoms with van der Waals surface area (Å²) in [6.45, 7) is 0. The number of aromatic hydroxyl groups is 2. The van der Waals surface area contributed by atoms with E-state index in [0.717, 1.165) is 16.7 Å². The highest BCUT2D eigenvalue weighted by Crippen LogP contribution is 2.32. The number of nitrogens with one attached hydrogen (secondary N) is 1. The number of hydrogen-bond donors (Lipinski definition) is 3. The second-order valence-electron chi connectivity index (χ2n) is 8.56. The number of methoxy groups -OCH3 is 1. The van der Waals surface area contributed by atoms with Crippen LogP contribution in [-0.4, -0.2) is 34.8 Å². The predicted octanol–water partition coefficient (Wildman–Crippen LogP) is 4.76. The zero-order valence-corrected chi connectivity index (χ0v) is 19.5. The van der Waals surface area contributed by atoms with Crippen molar-refractivity contribution in [2.75, 3.05) is 7.11 Å². The molecule has 2 amide bonds. The van der Waals surface area contributed by atoms with Crippen molar-refractivity contribution in [2.24, 2.45) is 10.9 Å². The topological polar surface area (TPSA) is 108 Å². The number of benzene rings is 3. The third kappa shape index (κ3) is 5.87. The first-order valence-electron chi connectivity index (χ1n) is 11.5. The van der Waals surface area contributed by atoms with Crippen LogP contribution in [0.15, 0.2) is 77.8 Å². The summed E-state index contributed by atoms with van der Waals surface area (Å²) in [4.78, 5) is 30.3. The number of aliphatic imine (C=N–C) groups is 1. The molecule has 1 heterocycles. The molecule has 3 N–H and O–H groups in total. The van der Waals surface area contributed by atoms with Crippen molar-refractivity contribution in [3.8, 4) is 17.2 Å². The van der Waals surface area contributed by atoms with E-state index in [4.69, 9.17) is 4.74 Å². The SMILES string of the molecule is COc1cc(CCC2=NC(=O)NC(c3ccccc3)C2C(=O)CCc2ccc(O)cc2)ccc1O. The third-order valence-electron chi connectivity index (χ3n) is 6.23. The van der Waals surface area contributed by atoms with Crippen molar-refractivity contribution < 1.29 is 24.5 Å². The monoisotopic (exact) mass is 472 g/mol. The second kappa shape index (κ2) is 10.9. The first-order chi connectivity index (χ1) is 16.9. The Morgan fingerprint density at radius 3 is 2.37 bits per heavy atom. The smallest absolute Gasteiger partial charge is 0.341 e. The predicted molar refractivity (Wildman–Crippen MR) is 133 cm³/mol. The standard InChI is InChI=1S/C28H28N2O5/c1-35-25-17-19(11-15-23(25)32)9-14-22-26(24(33)16-10-18-7-12-21(31)13-8-18)27(30-28(34)29-22)20-5-3-2-4-6-20/h2-8,11-13,15,17,26-27,31-32H,9-10,14,16H2,1H3,(H,30,34). The van der Waals surface area contributed by atoms with Crippen molar-refractivity contribution in [2.45, 2.75) is 31.7 Å². The van der Waals surface area contributed by atoms with E-state index in [1.54, 1.807) is 42.5 Å². The fraction of sp³-hybridized carbons (Fsp3) is 0.250. The van der Waals surface area contributed by atoms with Crippen LogP contribution >= 0.6 is 0 Å². The molecular weight excluding hydrogens is 444 g/mol. The molecule has 1 aliphatic heterocycles. The summed E-state index contributed by atoms with van der Waals surface area (Å²) in [6, 6.07) is 20.4. The summed E-state index contributed by atoms with van der Waals surface area (Å²) >= 11 is 0. The highest BCUT2D eigenvalue weighted by Gasteiger charge is 2.37. The Morgan fingerprint density at radius 2 is 1.66 bits per heavy atom. The number of carbonyl (C=O) groups excluding carboxylic acids is 2. The fourth-order valence-corrected chi connectivity index (χ4v) is 4.40. The van der Waals surface area contributed by atoms with Crippen LogP contribution in [-0.2, 0) is 17.6 Å². The number of amides is 2. The van der Waals surface area contributed by atoms with E-state index in [-0.39, 0.29) is 23.7 Å². The lowest BCUT2D eigenvalue weighted by atomic mass is 9.81. The maximum absolute atomic E-state index is 13.6. The molecule has 0 aliphatic carbocycles. The molecule has 7 heteroatoms. The van der Waals surface area contributed by atoms with Crippen molar-refractivity contribution in [1.29, 1.82) is 0 Å². The minimum Gasteiger partial charge on any atom is -0.508 e. The van der Waals surface area contributed by atoms with Gasteiger partial charge in [0.1, 0.15) is 11.5 Å². The van der Waals surface area contributed by atoms with Crippen LogP contribution < -0.4 is 10.1 Å². The highest BCUT2D eigenvalue weighted by molar-refractivity contribution is 6.11. The van der Waals surface area contributed by atoms with Gasteiger partial charge in [0.15, 0.2) is 11.5 Å². The maximum atomic E-state index is 13.6. The van der Waals surface area contributed by atoms with Crippen LogP contribution in [0.3, 0.4) is 0 Å². The summed E-state index contributed by atoms with van der Waals surface area (Å²) in [5.74, 6) is 0.00579. The van der Waals surface area contributed by atoms with Crippen LogP contribution in [0.5, 0.6) is 17.2 Å². The number of ketones is 1. The third-order valence-corrected chi connectivity index (χ3v) is 6.23. The van der Waals surface area contributed by atoms with Gasteiger partial charge in [-0.05, 0) is 60.2 Å². The minimum atomic E-state index is -0.591. The van der Waals surface area contributed by atoms with Gasteiger partial charge >= 0.3 is 6.03 Å². The first-order valence-corrected chi connectivity index (χ1v) is 11.5.